The summed E-state index contributed by atoms with van der Waals surface area (Å²) in [6, 6.07) is 6.42. The summed E-state index contributed by atoms with van der Waals surface area (Å²) in [5, 5.41) is 0.763. The predicted octanol–water partition coefficient (Wildman–Crippen LogP) is 4.44. The summed E-state index contributed by atoms with van der Waals surface area (Å²) in [6.45, 7) is 4.58. The number of hydrogen-bond acceptors (Lipinski definition) is 1. The van der Waals surface area contributed by atoms with Gasteiger partial charge in [0.05, 0.1) is 11.0 Å². The van der Waals surface area contributed by atoms with Crippen LogP contribution in [0.3, 0.4) is 0 Å². The number of halogens is 2. The van der Waals surface area contributed by atoms with Crippen LogP contribution in [0.1, 0.15) is 32.1 Å². The predicted molar refractivity (Wildman–Crippen MR) is 76.6 cm³/mol. The molecule has 0 N–H and O–H groups in total. The van der Waals surface area contributed by atoms with E-state index in [0.717, 1.165) is 28.3 Å². The fraction of sp³-hybridized carbons (Fsp3) is 0.500. The molecule has 0 aliphatic heterocycles. The standard InChI is InChI=1S/C14H16Cl2N2/c1-14(2)8-12(14)18-11-7-9(16)3-4-10(11)17-13(18)5-6-15/h3-4,7,12H,5-6,8H2,1-2H3. The minimum atomic E-state index is 0.358. The van der Waals surface area contributed by atoms with Gasteiger partial charge in [0.1, 0.15) is 5.82 Å². The molecule has 96 valence electrons. The molecule has 1 aliphatic rings. The normalized spacial score (nSPS) is 21.4. The van der Waals surface area contributed by atoms with Gasteiger partial charge in [-0.05, 0) is 30.0 Å². The molecule has 1 unspecified atom stereocenters. The summed E-state index contributed by atoms with van der Waals surface area (Å²) in [7, 11) is 0. The Morgan fingerprint density at radius 1 is 1.44 bits per heavy atom. The van der Waals surface area contributed by atoms with Crippen molar-refractivity contribution in [1.29, 1.82) is 0 Å². The van der Waals surface area contributed by atoms with E-state index in [0.29, 0.717) is 17.3 Å². The molecule has 1 saturated carbocycles. The third kappa shape index (κ3) is 1.92. The van der Waals surface area contributed by atoms with Gasteiger partial charge in [-0.25, -0.2) is 4.98 Å². The minimum Gasteiger partial charge on any atom is -0.324 e. The van der Waals surface area contributed by atoms with Crippen molar-refractivity contribution in [2.24, 2.45) is 5.41 Å². The maximum atomic E-state index is 6.11. The lowest BCUT2D eigenvalue weighted by Crippen LogP contribution is -2.06. The number of aryl methyl sites for hydroxylation is 1. The highest BCUT2D eigenvalue weighted by atomic mass is 35.5. The maximum Gasteiger partial charge on any atom is 0.111 e. The van der Waals surface area contributed by atoms with Crippen LogP contribution in [0.15, 0.2) is 18.2 Å². The number of alkyl halides is 1. The molecule has 18 heavy (non-hydrogen) atoms. The molecule has 1 fully saturated rings. The third-order valence-electron chi connectivity index (χ3n) is 3.82. The van der Waals surface area contributed by atoms with Crippen LogP contribution in [0.2, 0.25) is 5.02 Å². The van der Waals surface area contributed by atoms with Gasteiger partial charge in [-0.1, -0.05) is 25.4 Å². The number of imidazole rings is 1. The second-order valence-corrected chi connectivity index (χ2v) is 6.49. The van der Waals surface area contributed by atoms with Crippen molar-refractivity contribution in [1.82, 2.24) is 9.55 Å². The van der Waals surface area contributed by atoms with Crippen LogP contribution in [-0.4, -0.2) is 15.4 Å². The number of nitrogens with zero attached hydrogens (tertiary/aromatic N) is 2. The molecule has 1 atom stereocenters. The van der Waals surface area contributed by atoms with E-state index >= 15 is 0 Å². The first-order chi connectivity index (χ1) is 8.53. The van der Waals surface area contributed by atoms with Crippen molar-refractivity contribution < 1.29 is 0 Å². The number of fused-ring (bicyclic) bond motifs is 1. The molecule has 2 nitrogen and oxygen atoms in total. The van der Waals surface area contributed by atoms with E-state index in [4.69, 9.17) is 28.2 Å². The molecular formula is C14H16Cl2N2. The van der Waals surface area contributed by atoms with Crippen molar-refractivity contribution in [2.45, 2.75) is 32.7 Å². The lowest BCUT2D eigenvalue weighted by atomic mass is 10.2. The van der Waals surface area contributed by atoms with Crippen LogP contribution < -0.4 is 0 Å². The zero-order chi connectivity index (χ0) is 12.9. The molecule has 1 heterocycles. The molecule has 3 rings (SSSR count). The van der Waals surface area contributed by atoms with E-state index in [1.165, 1.54) is 6.42 Å². The monoisotopic (exact) mass is 282 g/mol. The first-order valence-corrected chi connectivity index (χ1v) is 7.16. The number of aromatic nitrogens is 2. The quantitative estimate of drug-likeness (QED) is 0.761. The first-order valence-electron chi connectivity index (χ1n) is 6.25. The highest BCUT2D eigenvalue weighted by Crippen LogP contribution is 2.56. The molecule has 2 aromatic rings. The summed E-state index contributed by atoms with van der Waals surface area (Å²) in [4.78, 5) is 4.69. The van der Waals surface area contributed by atoms with Gasteiger partial charge in [0.15, 0.2) is 0 Å². The van der Waals surface area contributed by atoms with Crippen LogP contribution >= 0.6 is 23.2 Å². The highest BCUT2D eigenvalue weighted by Gasteiger charge is 2.48. The summed E-state index contributed by atoms with van der Waals surface area (Å²) < 4.78 is 2.34. The Morgan fingerprint density at radius 2 is 2.17 bits per heavy atom. The SMILES string of the molecule is CC1(C)CC1n1c(CCCl)nc2ccc(Cl)cc21. The summed E-state index contributed by atoms with van der Waals surface area (Å²) in [5.41, 5.74) is 2.51. The van der Waals surface area contributed by atoms with E-state index in [2.05, 4.69) is 18.4 Å². The fourth-order valence-electron chi connectivity index (χ4n) is 2.60. The van der Waals surface area contributed by atoms with Gasteiger partial charge in [0, 0.05) is 23.4 Å². The van der Waals surface area contributed by atoms with Crippen LogP contribution in [0.5, 0.6) is 0 Å². The Labute approximate surface area is 117 Å². The third-order valence-corrected chi connectivity index (χ3v) is 4.24. The van der Waals surface area contributed by atoms with E-state index in [9.17, 15) is 0 Å². The molecule has 0 spiro atoms. The maximum absolute atomic E-state index is 6.11. The van der Waals surface area contributed by atoms with Crippen molar-refractivity contribution in [2.75, 3.05) is 5.88 Å². The summed E-state index contributed by atoms with van der Waals surface area (Å²) >= 11 is 12.0. The highest BCUT2D eigenvalue weighted by molar-refractivity contribution is 6.31. The van der Waals surface area contributed by atoms with E-state index in [1.807, 2.05) is 18.2 Å². The van der Waals surface area contributed by atoms with Crippen molar-refractivity contribution in [3.63, 3.8) is 0 Å². The van der Waals surface area contributed by atoms with Gasteiger partial charge in [-0.3, -0.25) is 0 Å². The van der Waals surface area contributed by atoms with Crippen molar-refractivity contribution in [3.05, 3.63) is 29.0 Å². The molecule has 0 amide bonds. The number of benzene rings is 1. The molecule has 0 saturated heterocycles. The van der Waals surface area contributed by atoms with Gasteiger partial charge in [-0.15, -0.1) is 11.6 Å². The molecule has 4 heteroatoms. The molecule has 0 bridgehead atoms. The van der Waals surface area contributed by atoms with Crippen LogP contribution in [0.25, 0.3) is 11.0 Å². The smallest absolute Gasteiger partial charge is 0.111 e. The molecule has 1 aromatic heterocycles. The summed E-state index contributed by atoms with van der Waals surface area (Å²) in [5.74, 6) is 1.68. The van der Waals surface area contributed by atoms with Crippen LogP contribution in [0.4, 0.5) is 0 Å². The molecule has 1 aliphatic carbocycles. The topological polar surface area (TPSA) is 17.8 Å². The van der Waals surface area contributed by atoms with Gasteiger partial charge in [-0.2, -0.15) is 0 Å². The van der Waals surface area contributed by atoms with E-state index in [-0.39, 0.29) is 0 Å². The Kier molecular flexibility index (Phi) is 2.83. The van der Waals surface area contributed by atoms with E-state index in [1.54, 1.807) is 0 Å². The van der Waals surface area contributed by atoms with Gasteiger partial charge in [0.25, 0.3) is 0 Å². The zero-order valence-corrected chi connectivity index (χ0v) is 12.1. The Balaban J connectivity index is 2.18. The lowest BCUT2D eigenvalue weighted by Gasteiger charge is -2.10. The summed E-state index contributed by atoms with van der Waals surface area (Å²) in [6.07, 6.45) is 2.00. The number of rotatable bonds is 3. The first kappa shape index (κ1) is 12.3. The van der Waals surface area contributed by atoms with Crippen LogP contribution in [0, 0.1) is 5.41 Å². The van der Waals surface area contributed by atoms with Crippen LogP contribution in [-0.2, 0) is 6.42 Å². The van der Waals surface area contributed by atoms with Crippen molar-refractivity contribution >= 4 is 34.2 Å². The Bertz CT molecular complexity index is 601. The average molecular weight is 283 g/mol. The minimum absolute atomic E-state index is 0.358. The molecular weight excluding hydrogens is 267 g/mol. The fourth-order valence-corrected chi connectivity index (χ4v) is 2.94. The lowest BCUT2D eigenvalue weighted by molar-refractivity contribution is 0.537. The molecule has 0 radical (unpaired) electrons. The average Bonchev–Trinajstić information content (AvgIpc) is 2.78. The van der Waals surface area contributed by atoms with Gasteiger partial charge < -0.3 is 4.57 Å². The largest absolute Gasteiger partial charge is 0.324 e. The number of hydrogen-bond donors (Lipinski definition) is 0. The Hall–Kier alpha value is -0.730. The second-order valence-electron chi connectivity index (χ2n) is 5.68. The zero-order valence-electron chi connectivity index (χ0n) is 10.6. The van der Waals surface area contributed by atoms with E-state index < -0.39 is 0 Å². The second kappa shape index (κ2) is 4.14. The van der Waals surface area contributed by atoms with Crippen molar-refractivity contribution in [3.8, 4) is 0 Å². The van der Waals surface area contributed by atoms with Gasteiger partial charge in [0.2, 0.25) is 0 Å². The molecule has 1 aromatic carbocycles. The van der Waals surface area contributed by atoms with Gasteiger partial charge >= 0.3 is 0 Å². The Morgan fingerprint density at radius 3 is 2.78 bits per heavy atom.